The van der Waals surface area contributed by atoms with E-state index in [4.69, 9.17) is 16.2 Å². The lowest BCUT2D eigenvalue weighted by atomic mass is 10.00. The molecule has 7 heteroatoms. The topological polar surface area (TPSA) is 120 Å². The summed E-state index contributed by atoms with van der Waals surface area (Å²) in [5, 5.41) is 11.0. The third kappa shape index (κ3) is 2.22. The molecule has 0 radical (unpaired) electrons. The first-order valence-corrected chi connectivity index (χ1v) is 6.60. The molecule has 3 rings (SSSR count). The van der Waals surface area contributed by atoms with Crippen LogP contribution in [0.15, 0.2) is 30.7 Å². The number of anilines is 2. The number of pyridine rings is 1. The zero-order valence-electron chi connectivity index (χ0n) is 11.9. The summed E-state index contributed by atoms with van der Waals surface area (Å²) in [4.78, 5) is 12.1. The van der Waals surface area contributed by atoms with E-state index >= 15 is 0 Å². The standard InChI is InChI=1S/C15H15N5O2/c1-22-11-6-8(5-10-14(16)19-7-20-15(10)17)9-3-2-4-18-12(9)13(11)21/h2-4,6-7,21H,5H2,1H3,(H4,16,17,19,20). The van der Waals surface area contributed by atoms with Crippen LogP contribution in [0.4, 0.5) is 11.6 Å². The first-order valence-electron chi connectivity index (χ1n) is 6.60. The zero-order valence-corrected chi connectivity index (χ0v) is 11.9. The number of aromatic hydroxyl groups is 1. The quantitative estimate of drug-likeness (QED) is 0.669. The van der Waals surface area contributed by atoms with E-state index in [0.29, 0.717) is 34.9 Å². The van der Waals surface area contributed by atoms with Crippen LogP contribution in [-0.4, -0.2) is 27.2 Å². The molecule has 0 bridgehead atoms. The maximum Gasteiger partial charge on any atom is 0.184 e. The molecule has 0 aliphatic rings. The second-order valence-corrected chi connectivity index (χ2v) is 4.79. The molecule has 3 aromatic rings. The van der Waals surface area contributed by atoms with Gasteiger partial charge in [-0.15, -0.1) is 0 Å². The van der Waals surface area contributed by atoms with E-state index < -0.39 is 0 Å². The number of phenolic OH excluding ortho intramolecular Hbond substituents is 1. The average molecular weight is 297 g/mol. The Bertz CT molecular complexity index is 830. The van der Waals surface area contributed by atoms with Crippen molar-refractivity contribution in [2.75, 3.05) is 18.6 Å². The van der Waals surface area contributed by atoms with Crippen LogP contribution in [0.5, 0.6) is 11.5 Å². The smallest absolute Gasteiger partial charge is 0.184 e. The van der Waals surface area contributed by atoms with Gasteiger partial charge in [-0.2, -0.15) is 0 Å². The van der Waals surface area contributed by atoms with E-state index in [1.807, 2.05) is 6.07 Å². The van der Waals surface area contributed by atoms with Crippen molar-refractivity contribution in [3.05, 3.63) is 41.9 Å². The highest BCUT2D eigenvalue weighted by Gasteiger charge is 2.15. The summed E-state index contributed by atoms with van der Waals surface area (Å²) in [5.41, 5.74) is 13.7. The SMILES string of the molecule is COc1cc(Cc2c(N)ncnc2N)c2cccnc2c1O. The van der Waals surface area contributed by atoms with Crippen molar-refractivity contribution in [1.29, 1.82) is 0 Å². The van der Waals surface area contributed by atoms with Gasteiger partial charge in [-0.25, -0.2) is 9.97 Å². The summed E-state index contributed by atoms with van der Waals surface area (Å²) in [6.45, 7) is 0. The van der Waals surface area contributed by atoms with Gasteiger partial charge in [-0.3, -0.25) is 4.98 Å². The number of fused-ring (bicyclic) bond motifs is 1. The first-order chi connectivity index (χ1) is 10.6. The molecule has 0 saturated heterocycles. The third-order valence-electron chi connectivity index (χ3n) is 3.52. The molecule has 0 saturated carbocycles. The van der Waals surface area contributed by atoms with Gasteiger partial charge in [0.25, 0.3) is 0 Å². The van der Waals surface area contributed by atoms with Gasteiger partial charge < -0.3 is 21.3 Å². The molecule has 0 aliphatic heterocycles. The Morgan fingerprint density at radius 3 is 2.59 bits per heavy atom. The van der Waals surface area contributed by atoms with Crippen LogP contribution in [0.1, 0.15) is 11.1 Å². The summed E-state index contributed by atoms with van der Waals surface area (Å²) in [7, 11) is 1.49. The van der Waals surface area contributed by atoms with E-state index in [1.54, 1.807) is 18.3 Å². The highest BCUT2D eigenvalue weighted by Crippen LogP contribution is 2.37. The van der Waals surface area contributed by atoms with Crippen molar-refractivity contribution < 1.29 is 9.84 Å². The van der Waals surface area contributed by atoms with Crippen LogP contribution in [0.2, 0.25) is 0 Å². The third-order valence-corrected chi connectivity index (χ3v) is 3.52. The molecular formula is C15H15N5O2. The summed E-state index contributed by atoms with van der Waals surface area (Å²) >= 11 is 0. The fourth-order valence-electron chi connectivity index (χ4n) is 2.39. The van der Waals surface area contributed by atoms with Crippen molar-refractivity contribution in [3.63, 3.8) is 0 Å². The van der Waals surface area contributed by atoms with E-state index in [0.717, 1.165) is 10.9 Å². The Hall–Kier alpha value is -3.09. The van der Waals surface area contributed by atoms with Gasteiger partial charge in [0.05, 0.1) is 7.11 Å². The number of nitrogen functional groups attached to an aromatic ring is 2. The van der Waals surface area contributed by atoms with Crippen LogP contribution in [0.25, 0.3) is 10.9 Å². The predicted octanol–water partition coefficient (Wildman–Crippen LogP) is 1.49. The van der Waals surface area contributed by atoms with Gasteiger partial charge in [0, 0.05) is 23.6 Å². The Kier molecular flexibility index (Phi) is 3.38. The van der Waals surface area contributed by atoms with Crippen LogP contribution in [-0.2, 0) is 6.42 Å². The largest absolute Gasteiger partial charge is 0.503 e. The van der Waals surface area contributed by atoms with Crippen LogP contribution in [0.3, 0.4) is 0 Å². The number of nitrogens with zero attached hydrogens (tertiary/aromatic N) is 3. The zero-order chi connectivity index (χ0) is 15.7. The van der Waals surface area contributed by atoms with Crippen LogP contribution >= 0.6 is 0 Å². The number of ether oxygens (including phenoxy) is 1. The number of aromatic nitrogens is 3. The van der Waals surface area contributed by atoms with Crippen molar-refractivity contribution in [3.8, 4) is 11.5 Å². The van der Waals surface area contributed by atoms with E-state index in [2.05, 4.69) is 15.0 Å². The molecule has 0 aliphatic carbocycles. The van der Waals surface area contributed by atoms with Crippen molar-refractivity contribution in [2.24, 2.45) is 0 Å². The van der Waals surface area contributed by atoms with Crippen molar-refractivity contribution >= 4 is 22.5 Å². The molecule has 0 unspecified atom stereocenters. The lowest BCUT2D eigenvalue weighted by molar-refractivity contribution is 0.375. The molecule has 0 fully saturated rings. The highest BCUT2D eigenvalue weighted by molar-refractivity contribution is 5.90. The van der Waals surface area contributed by atoms with E-state index in [9.17, 15) is 5.11 Å². The molecule has 0 amide bonds. The number of hydrogen-bond donors (Lipinski definition) is 3. The summed E-state index contributed by atoms with van der Waals surface area (Å²) < 4.78 is 5.21. The van der Waals surface area contributed by atoms with E-state index in [-0.39, 0.29) is 5.75 Å². The number of methoxy groups -OCH3 is 1. The first kappa shape index (κ1) is 13.9. The molecule has 7 nitrogen and oxygen atoms in total. The van der Waals surface area contributed by atoms with Gasteiger partial charge in [-0.05, 0) is 17.7 Å². The van der Waals surface area contributed by atoms with Gasteiger partial charge in [0.15, 0.2) is 11.5 Å². The normalized spacial score (nSPS) is 10.8. The minimum absolute atomic E-state index is 0.00658. The number of phenols is 1. The van der Waals surface area contributed by atoms with Gasteiger partial charge in [-0.1, -0.05) is 6.07 Å². The Morgan fingerprint density at radius 1 is 1.18 bits per heavy atom. The summed E-state index contributed by atoms with van der Waals surface area (Å²) in [5.74, 6) is 1.01. The number of rotatable bonds is 3. The molecule has 2 aromatic heterocycles. The molecule has 0 atom stereocenters. The Labute approximate surface area is 126 Å². The molecular weight excluding hydrogens is 282 g/mol. The second kappa shape index (κ2) is 5.36. The lowest BCUT2D eigenvalue weighted by Gasteiger charge is -2.13. The fraction of sp³-hybridized carbons (Fsp3) is 0.133. The van der Waals surface area contributed by atoms with E-state index in [1.165, 1.54) is 13.4 Å². The molecule has 0 spiro atoms. The van der Waals surface area contributed by atoms with Gasteiger partial charge >= 0.3 is 0 Å². The average Bonchev–Trinajstić information content (AvgIpc) is 2.53. The molecule has 1 aromatic carbocycles. The second-order valence-electron chi connectivity index (χ2n) is 4.79. The monoisotopic (exact) mass is 297 g/mol. The molecule has 22 heavy (non-hydrogen) atoms. The highest BCUT2D eigenvalue weighted by atomic mass is 16.5. The fourth-order valence-corrected chi connectivity index (χ4v) is 2.39. The number of benzene rings is 1. The van der Waals surface area contributed by atoms with Gasteiger partial charge in [0.2, 0.25) is 0 Å². The molecule has 2 heterocycles. The summed E-state index contributed by atoms with van der Waals surface area (Å²) in [6, 6.07) is 5.41. The minimum Gasteiger partial charge on any atom is -0.503 e. The van der Waals surface area contributed by atoms with Gasteiger partial charge in [0.1, 0.15) is 23.5 Å². The predicted molar refractivity (Wildman–Crippen MR) is 83.6 cm³/mol. The van der Waals surface area contributed by atoms with Crippen molar-refractivity contribution in [2.45, 2.75) is 6.42 Å². The number of nitrogens with two attached hydrogens (primary N) is 2. The Balaban J connectivity index is 2.21. The maximum atomic E-state index is 10.2. The van der Waals surface area contributed by atoms with Crippen LogP contribution in [0, 0.1) is 0 Å². The maximum absolute atomic E-state index is 10.2. The Morgan fingerprint density at radius 2 is 1.91 bits per heavy atom. The summed E-state index contributed by atoms with van der Waals surface area (Å²) in [6.07, 6.45) is 3.35. The molecule has 112 valence electrons. The van der Waals surface area contributed by atoms with Crippen molar-refractivity contribution in [1.82, 2.24) is 15.0 Å². The number of hydrogen-bond acceptors (Lipinski definition) is 7. The van der Waals surface area contributed by atoms with Crippen LogP contribution < -0.4 is 16.2 Å². The molecule has 5 N–H and O–H groups in total. The minimum atomic E-state index is 0.00658. The lowest BCUT2D eigenvalue weighted by Crippen LogP contribution is -2.06.